The van der Waals surface area contributed by atoms with Gasteiger partial charge in [-0.25, -0.2) is 4.39 Å². The van der Waals surface area contributed by atoms with E-state index in [1.54, 1.807) is 24.1 Å². The van der Waals surface area contributed by atoms with Gasteiger partial charge in [0, 0.05) is 71.4 Å². The Morgan fingerprint density at radius 1 is 0.953 bits per heavy atom. The maximum Gasteiger partial charge on any atom is 0.254 e. The Morgan fingerprint density at radius 2 is 1.63 bits per heavy atom. The summed E-state index contributed by atoms with van der Waals surface area (Å²) in [4.78, 5) is 15.7. The Hall–Kier alpha value is -4.20. The van der Waals surface area contributed by atoms with Crippen LogP contribution in [0.5, 0.6) is 0 Å². The third-order valence-corrected chi connectivity index (χ3v) is 10.7. The lowest BCUT2D eigenvalue weighted by atomic mass is 9.74. The first-order chi connectivity index (χ1) is 20.9. The van der Waals surface area contributed by atoms with Gasteiger partial charge in [0.2, 0.25) is 0 Å². The summed E-state index contributed by atoms with van der Waals surface area (Å²) in [6, 6.07) is 23.5. The maximum absolute atomic E-state index is 14.2. The molecule has 4 heterocycles. The minimum absolute atomic E-state index is 0.126. The number of aromatic nitrogens is 2. The van der Waals surface area contributed by atoms with Gasteiger partial charge in [-0.3, -0.25) is 4.79 Å². The first-order valence-electron chi connectivity index (χ1n) is 15.2. The second-order valence-electron chi connectivity index (χ2n) is 12.8. The van der Waals surface area contributed by atoms with E-state index in [1.807, 2.05) is 7.05 Å². The van der Waals surface area contributed by atoms with Crippen molar-refractivity contribution < 1.29 is 13.9 Å². The minimum atomic E-state index is -0.465. The van der Waals surface area contributed by atoms with Crippen LogP contribution in [0.25, 0.3) is 43.6 Å². The van der Waals surface area contributed by atoms with Crippen LogP contribution in [0.2, 0.25) is 0 Å². The highest BCUT2D eigenvalue weighted by atomic mass is 19.1. The van der Waals surface area contributed by atoms with Gasteiger partial charge in [0.25, 0.3) is 5.91 Å². The average Bonchev–Trinajstić information content (AvgIpc) is 3.70. The maximum atomic E-state index is 14.2. The lowest BCUT2D eigenvalue weighted by Gasteiger charge is -2.51. The van der Waals surface area contributed by atoms with E-state index < -0.39 is 11.4 Å². The minimum Gasteiger partial charge on any atom is -0.377 e. The van der Waals surface area contributed by atoms with Crippen molar-refractivity contribution in [3.8, 4) is 0 Å². The molecule has 1 saturated carbocycles. The van der Waals surface area contributed by atoms with Crippen LogP contribution in [0.1, 0.15) is 47.3 Å². The predicted molar refractivity (Wildman–Crippen MR) is 168 cm³/mol. The molecule has 1 N–H and O–H groups in total. The Balaban J connectivity index is 1.39. The molecule has 2 aromatic heterocycles. The molecule has 0 radical (unpaired) electrons. The van der Waals surface area contributed by atoms with Crippen molar-refractivity contribution in [2.45, 2.75) is 56.6 Å². The number of hydrogen-bond acceptors (Lipinski definition) is 3. The second-order valence-corrected chi connectivity index (χ2v) is 12.8. The van der Waals surface area contributed by atoms with E-state index in [9.17, 15) is 9.18 Å². The number of nitrogens with one attached hydrogen (secondary N) is 1. The number of nitrogens with zero attached hydrogens (tertiary/aromatic N) is 3. The molecule has 1 aliphatic carbocycles. The zero-order valence-corrected chi connectivity index (χ0v) is 24.5. The molecule has 9 rings (SSSR count). The van der Waals surface area contributed by atoms with Crippen LogP contribution in [0.4, 0.5) is 4.39 Å². The van der Waals surface area contributed by atoms with E-state index in [1.165, 1.54) is 66.9 Å². The molecule has 4 atom stereocenters. The molecular formula is C36H33FN4O2. The number of hydrogen-bond donors (Lipinski definition) is 1. The number of halogens is 1. The number of fused-ring (bicyclic) bond motifs is 13. The van der Waals surface area contributed by atoms with Crippen molar-refractivity contribution in [1.82, 2.24) is 19.4 Å². The Kier molecular flexibility index (Phi) is 5.11. The molecule has 0 spiro atoms. The number of rotatable bonds is 3. The standard InChI is InChI=1S/C36H33FN4O2/c1-36-17-22(16-29(34(36)43-3)39(2)35(42)20-9-8-10-21(37)15-20)40-27-13-6-4-11-23(27)30-25-18-38-19-26(25)31-24-12-5-7-14-28(24)41(36)33(31)32(30)40/h4-15,22,29,34,38H,16-19H2,1-3H3/t22-,29+,34+,36-/m0/s1. The molecule has 4 aromatic carbocycles. The zero-order chi connectivity index (χ0) is 29.2. The molecule has 43 heavy (non-hydrogen) atoms. The Labute approximate surface area is 248 Å². The molecule has 216 valence electrons. The molecule has 6 aromatic rings. The number of methoxy groups -OCH3 is 1. The van der Waals surface area contributed by atoms with E-state index in [4.69, 9.17) is 4.74 Å². The van der Waals surface area contributed by atoms with Gasteiger partial charge in [0.05, 0.1) is 22.6 Å². The highest BCUT2D eigenvalue weighted by molar-refractivity contribution is 6.25. The number of carbonyl (C=O) groups is 1. The van der Waals surface area contributed by atoms with Gasteiger partial charge < -0.3 is 24.1 Å². The van der Waals surface area contributed by atoms with Gasteiger partial charge in [-0.1, -0.05) is 42.5 Å². The van der Waals surface area contributed by atoms with Crippen LogP contribution in [0, 0.1) is 5.82 Å². The molecule has 2 aliphatic heterocycles. The van der Waals surface area contributed by atoms with Gasteiger partial charge >= 0.3 is 0 Å². The van der Waals surface area contributed by atoms with Crippen molar-refractivity contribution in [2.24, 2.45) is 0 Å². The molecule has 0 saturated heterocycles. The molecule has 0 unspecified atom stereocenters. The Morgan fingerprint density at radius 3 is 2.35 bits per heavy atom. The summed E-state index contributed by atoms with van der Waals surface area (Å²) in [6.07, 6.45) is 1.31. The first-order valence-corrected chi connectivity index (χ1v) is 15.2. The normalized spacial score (nSPS) is 24.3. The highest BCUT2D eigenvalue weighted by Crippen LogP contribution is 2.55. The average molecular weight is 573 g/mol. The summed E-state index contributed by atoms with van der Waals surface area (Å²) in [5.41, 5.74) is 7.67. The van der Waals surface area contributed by atoms with E-state index >= 15 is 0 Å². The highest BCUT2D eigenvalue weighted by Gasteiger charge is 2.53. The first kappa shape index (κ1) is 25.3. The van der Waals surface area contributed by atoms with E-state index in [-0.39, 0.29) is 24.1 Å². The van der Waals surface area contributed by atoms with Crippen molar-refractivity contribution in [3.05, 3.63) is 95.3 Å². The summed E-state index contributed by atoms with van der Waals surface area (Å²) < 4.78 is 25.8. The predicted octanol–water partition coefficient (Wildman–Crippen LogP) is 6.86. The van der Waals surface area contributed by atoms with Crippen molar-refractivity contribution in [2.75, 3.05) is 14.2 Å². The molecule has 7 heteroatoms. The second kappa shape index (κ2) is 8.68. The van der Waals surface area contributed by atoms with Gasteiger partial charge in [-0.05, 0) is 61.2 Å². The monoisotopic (exact) mass is 572 g/mol. The SMILES string of the molecule is CO[C@@H]1[C@H](N(C)C(=O)c2cccc(F)c2)C[C@H]2C[C@]1(C)n1c3ccccc3c3c4c(c5c6ccccc6n2c5c31)CNC4. The fraction of sp³-hybridized carbons (Fsp3) is 0.306. The van der Waals surface area contributed by atoms with E-state index in [2.05, 4.69) is 69.9 Å². The topological polar surface area (TPSA) is 51.4 Å². The molecule has 6 nitrogen and oxygen atoms in total. The van der Waals surface area contributed by atoms with Crippen LogP contribution in [0.15, 0.2) is 72.8 Å². The fourth-order valence-electron chi connectivity index (χ4n) is 9.14. The number of benzene rings is 4. The summed E-state index contributed by atoms with van der Waals surface area (Å²) in [7, 11) is 3.63. The van der Waals surface area contributed by atoms with Crippen LogP contribution in [0.3, 0.4) is 0 Å². The van der Waals surface area contributed by atoms with Gasteiger partial charge in [-0.2, -0.15) is 0 Å². The number of amides is 1. The fourth-order valence-corrected chi connectivity index (χ4v) is 9.14. The third-order valence-electron chi connectivity index (χ3n) is 10.7. The van der Waals surface area contributed by atoms with E-state index in [0.29, 0.717) is 5.56 Å². The number of ether oxygens (including phenoxy) is 1. The summed E-state index contributed by atoms with van der Waals surface area (Å²) in [5, 5.41) is 8.90. The molecule has 1 fully saturated rings. The number of likely N-dealkylation sites (N-methyl/N-ethyl adjacent to an activating group) is 1. The summed E-state index contributed by atoms with van der Waals surface area (Å²) in [6.45, 7) is 4.01. The summed E-state index contributed by atoms with van der Waals surface area (Å²) in [5.74, 6) is -0.603. The Bertz CT molecular complexity index is 2160. The molecule has 3 aliphatic rings. The number of carbonyl (C=O) groups excluding carboxylic acids is 1. The van der Waals surface area contributed by atoms with Crippen LogP contribution >= 0.6 is 0 Å². The van der Waals surface area contributed by atoms with Gasteiger partial charge in [0.15, 0.2) is 0 Å². The zero-order valence-electron chi connectivity index (χ0n) is 24.5. The summed E-state index contributed by atoms with van der Waals surface area (Å²) >= 11 is 0. The third kappa shape index (κ3) is 3.11. The molecule has 2 bridgehead atoms. The smallest absolute Gasteiger partial charge is 0.254 e. The quantitative estimate of drug-likeness (QED) is 0.252. The van der Waals surface area contributed by atoms with Crippen LogP contribution < -0.4 is 5.32 Å². The van der Waals surface area contributed by atoms with E-state index in [0.717, 1.165) is 25.9 Å². The van der Waals surface area contributed by atoms with Gasteiger partial charge in [-0.15, -0.1) is 0 Å². The van der Waals surface area contributed by atoms with Crippen molar-refractivity contribution in [3.63, 3.8) is 0 Å². The molecule has 1 amide bonds. The van der Waals surface area contributed by atoms with Crippen molar-refractivity contribution in [1.29, 1.82) is 0 Å². The lowest BCUT2D eigenvalue weighted by molar-refractivity contribution is -0.0774. The largest absolute Gasteiger partial charge is 0.377 e. The number of para-hydroxylation sites is 2. The van der Waals surface area contributed by atoms with Crippen LogP contribution in [-0.2, 0) is 23.4 Å². The lowest BCUT2D eigenvalue weighted by Crippen LogP contribution is -2.60. The van der Waals surface area contributed by atoms with Crippen molar-refractivity contribution >= 4 is 49.5 Å². The van der Waals surface area contributed by atoms with Crippen LogP contribution in [-0.4, -0.2) is 46.2 Å². The molecular weight excluding hydrogens is 539 g/mol. The van der Waals surface area contributed by atoms with Gasteiger partial charge in [0.1, 0.15) is 11.9 Å².